The van der Waals surface area contributed by atoms with E-state index in [9.17, 15) is 21.6 Å². The molecule has 0 amide bonds. The van der Waals surface area contributed by atoms with Gasteiger partial charge in [0, 0.05) is 30.5 Å². The lowest BCUT2D eigenvalue weighted by Crippen LogP contribution is -2.25. The minimum absolute atomic E-state index is 0.0120. The van der Waals surface area contributed by atoms with Crippen LogP contribution >= 0.6 is 0 Å². The van der Waals surface area contributed by atoms with Crippen LogP contribution in [0.1, 0.15) is 17.5 Å². The molecule has 6 nitrogen and oxygen atoms in total. The van der Waals surface area contributed by atoms with Gasteiger partial charge in [0.15, 0.2) is 25.5 Å². The molecule has 1 atom stereocenters. The molecule has 0 fully saturated rings. The van der Waals surface area contributed by atoms with Crippen LogP contribution in [0.25, 0.3) is 11.1 Å². The molecule has 0 heterocycles. The monoisotopic (exact) mass is 447 g/mol. The van der Waals surface area contributed by atoms with E-state index in [0.29, 0.717) is 24.1 Å². The molecule has 1 aliphatic carbocycles. The zero-order chi connectivity index (χ0) is 22.3. The van der Waals surface area contributed by atoms with E-state index in [1.54, 1.807) is 36.4 Å². The highest BCUT2D eigenvalue weighted by Crippen LogP contribution is 2.41. The van der Waals surface area contributed by atoms with Crippen LogP contribution in [0.4, 0.5) is 0 Å². The Labute approximate surface area is 178 Å². The van der Waals surface area contributed by atoms with E-state index in [2.05, 4.69) is 0 Å². The van der Waals surface area contributed by atoms with Gasteiger partial charge in [-0.3, -0.25) is 4.79 Å². The van der Waals surface area contributed by atoms with E-state index in [1.807, 2.05) is 19.0 Å². The number of Topliss-reactive ketones (excluding diaryl/α,β-unsaturated/α-hetero) is 1. The van der Waals surface area contributed by atoms with Gasteiger partial charge in [-0.25, -0.2) is 16.8 Å². The molecule has 30 heavy (non-hydrogen) atoms. The molecule has 1 aliphatic rings. The van der Waals surface area contributed by atoms with Crippen LogP contribution in [0, 0.1) is 5.92 Å². The van der Waals surface area contributed by atoms with E-state index in [1.165, 1.54) is 12.1 Å². The average molecular weight is 448 g/mol. The Morgan fingerprint density at radius 3 is 1.63 bits per heavy atom. The van der Waals surface area contributed by atoms with Gasteiger partial charge in [0.25, 0.3) is 0 Å². The third-order valence-electron chi connectivity index (χ3n) is 5.16. The molecule has 0 bridgehead atoms. The summed E-state index contributed by atoms with van der Waals surface area (Å²) in [6, 6.07) is 12.9. The number of rotatable bonds is 6. The number of carbonyl (C=O) groups excluding carboxylic acids is 1. The normalized spacial score (nSPS) is 17.8. The van der Waals surface area contributed by atoms with Crippen LogP contribution in [0.2, 0.25) is 0 Å². The number of nitrogens with zero attached hydrogens (tertiary/aromatic N) is 1. The highest BCUT2D eigenvalue weighted by Gasteiger charge is 2.34. The summed E-state index contributed by atoms with van der Waals surface area (Å²) in [6.07, 6.45) is 2.84. The van der Waals surface area contributed by atoms with Crippen molar-refractivity contribution < 1.29 is 21.6 Å². The molecule has 0 aromatic heterocycles. The van der Waals surface area contributed by atoms with Gasteiger partial charge in [-0.05, 0) is 61.5 Å². The second kappa shape index (κ2) is 8.09. The zero-order valence-corrected chi connectivity index (χ0v) is 19.0. The summed E-state index contributed by atoms with van der Waals surface area (Å²) in [5.41, 5.74) is 2.86. The molecule has 0 spiro atoms. The van der Waals surface area contributed by atoms with Gasteiger partial charge in [0.2, 0.25) is 0 Å². The molecule has 160 valence electrons. The Balaban J connectivity index is 2.10. The first-order valence-electron chi connectivity index (χ1n) is 9.41. The molecule has 0 radical (unpaired) electrons. The second-order valence-corrected chi connectivity index (χ2v) is 12.0. The van der Waals surface area contributed by atoms with Gasteiger partial charge in [0.05, 0.1) is 9.79 Å². The highest BCUT2D eigenvalue weighted by atomic mass is 32.2. The van der Waals surface area contributed by atoms with Gasteiger partial charge >= 0.3 is 0 Å². The molecule has 8 heteroatoms. The number of benzene rings is 2. The Bertz CT molecular complexity index is 1210. The lowest BCUT2D eigenvalue weighted by atomic mass is 9.97. The van der Waals surface area contributed by atoms with E-state index < -0.39 is 19.7 Å². The first-order chi connectivity index (χ1) is 13.9. The standard InChI is InChI=1S/C22H25NO5S2/c1-23(2)14-17-13-20(15-5-9-18(10-6-15)29(3,25)26)21(22(17)24)16-7-11-19(12-8-16)30(4,27)28/h5-12,17H,13-14H2,1-4H3. The fraction of sp³-hybridized carbons (Fsp3) is 0.318. The SMILES string of the molecule is CN(C)CC1CC(c2ccc(S(C)(=O)=O)cc2)=C(c2ccc(S(C)(=O)=O)cc2)C1=O. The van der Waals surface area contributed by atoms with Crippen LogP contribution < -0.4 is 0 Å². The van der Waals surface area contributed by atoms with Crippen molar-refractivity contribution in [2.75, 3.05) is 33.2 Å². The summed E-state index contributed by atoms with van der Waals surface area (Å²) in [5.74, 6) is -0.202. The molecule has 0 saturated heterocycles. The maximum Gasteiger partial charge on any atom is 0.175 e. The Hall–Kier alpha value is -2.29. The van der Waals surface area contributed by atoms with Gasteiger partial charge in [0.1, 0.15) is 0 Å². The summed E-state index contributed by atoms with van der Waals surface area (Å²) in [5, 5.41) is 0. The van der Waals surface area contributed by atoms with Gasteiger partial charge < -0.3 is 4.90 Å². The summed E-state index contributed by atoms with van der Waals surface area (Å²) in [6.45, 7) is 0.592. The van der Waals surface area contributed by atoms with Crippen LogP contribution in [-0.2, 0) is 24.5 Å². The van der Waals surface area contributed by atoms with E-state index in [0.717, 1.165) is 23.6 Å². The van der Waals surface area contributed by atoms with E-state index in [-0.39, 0.29) is 21.5 Å². The van der Waals surface area contributed by atoms with Crippen molar-refractivity contribution in [1.82, 2.24) is 4.90 Å². The summed E-state index contributed by atoms with van der Waals surface area (Å²) in [4.78, 5) is 15.6. The Kier molecular flexibility index (Phi) is 6.04. The topological polar surface area (TPSA) is 88.6 Å². The highest BCUT2D eigenvalue weighted by molar-refractivity contribution is 7.91. The number of hydrogen-bond donors (Lipinski definition) is 0. The molecular weight excluding hydrogens is 422 g/mol. The van der Waals surface area contributed by atoms with Gasteiger partial charge in [-0.15, -0.1) is 0 Å². The van der Waals surface area contributed by atoms with Crippen molar-refractivity contribution in [2.45, 2.75) is 16.2 Å². The Morgan fingerprint density at radius 2 is 1.23 bits per heavy atom. The summed E-state index contributed by atoms with van der Waals surface area (Å²) >= 11 is 0. The maximum atomic E-state index is 13.2. The molecule has 3 rings (SSSR count). The molecule has 2 aromatic rings. The van der Waals surface area contributed by atoms with Gasteiger partial charge in [-0.1, -0.05) is 24.3 Å². The number of allylic oxidation sites excluding steroid dienone is 2. The van der Waals surface area contributed by atoms with Crippen molar-refractivity contribution in [1.29, 1.82) is 0 Å². The van der Waals surface area contributed by atoms with Crippen molar-refractivity contribution >= 4 is 36.6 Å². The fourth-order valence-electron chi connectivity index (χ4n) is 3.73. The van der Waals surface area contributed by atoms with E-state index in [4.69, 9.17) is 0 Å². The number of ketones is 1. The van der Waals surface area contributed by atoms with Crippen LogP contribution in [0.15, 0.2) is 58.3 Å². The molecule has 0 aliphatic heterocycles. The first-order valence-corrected chi connectivity index (χ1v) is 13.2. The predicted molar refractivity (Wildman–Crippen MR) is 118 cm³/mol. The zero-order valence-electron chi connectivity index (χ0n) is 17.4. The molecular formula is C22H25NO5S2. The van der Waals surface area contributed by atoms with E-state index >= 15 is 0 Å². The molecule has 1 unspecified atom stereocenters. The smallest absolute Gasteiger partial charge is 0.175 e. The van der Waals surface area contributed by atoms with Crippen molar-refractivity contribution in [2.24, 2.45) is 5.92 Å². The van der Waals surface area contributed by atoms with Crippen LogP contribution in [0.3, 0.4) is 0 Å². The summed E-state index contributed by atoms with van der Waals surface area (Å²) < 4.78 is 47.1. The molecule has 2 aromatic carbocycles. The largest absolute Gasteiger partial charge is 0.309 e. The van der Waals surface area contributed by atoms with Crippen LogP contribution in [0.5, 0.6) is 0 Å². The lowest BCUT2D eigenvalue weighted by Gasteiger charge is -2.15. The minimum Gasteiger partial charge on any atom is -0.309 e. The third kappa shape index (κ3) is 4.71. The number of hydrogen-bond acceptors (Lipinski definition) is 6. The van der Waals surface area contributed by atoms with Crippen molar-refractivity contribution in [3.63, 3.8) is 0 Å². The van der Waals surface area contributed by atoms with Crippen molar-refractivity contribution in [3.05, 3.63) is 59.7 Å². The van der Waals surface area contributed by atoms with Crippen molar-refractivity contribution in [3.8, 4) is 0 Å². The maximum absolute atomic E-state index is 13.2. The average Bonchev–Trinajstić information content (AvgIpc) is 2.96. The first kappa shape index (κ1) is 22.4. The van der Waals surface area contributed by atoms with Crippen LogP contribution in [-0.4, -0.2) is 60.7 Å². The molecule has 0 N–H and O–H groups in total. The lowest BCUT2D eigenvalue weighted by molar-refractivity contribution is -0.117. The number of sulfone groups is 2. The Morgan fingerprint density at radius 1 is 0.800 bits per heavy atom. The number of carbonyl (C=O) groups is 1. The fourth-order valence-corrected chi connectivity index (χ4v) is 4.99. The summed E-state index contributed by atoms with van der Waals surface area (Å²) in [7, 11) is -2.82. The third-order valence-corrected chi connectivity index (χ3v) is 7.41. The predicted octanol–water partition coefficient (Wildman–Crippen LogP) is 2.56. The minimum atomic E-state index is -3.33. The second-order valence-electron chi connectivity index (χ2n) is 7.97. The van der Waals surface area contributed by atoms with Gasteiger partial charge in [-0.2, -0.15) is 0 Å². The molecule has 0 saturated carbocycles. The quantitative estimate of drug-likeness (QED) is 0.676.